The number of carbonyl (C=O) groups excluding carboxylic acids is 1. The van der Waals surface area contributed by atoms with Crippen molar-refractivity contribution in [1.29, 1.82) is 0 Å². The fourth-order valence-corrected chi connectivity index (χ4v) is 5.22. The molecule has 0 atom stereocenters. The van der Waals surface area contributed by atoms with Gasteiger partial charge in [0.25, 0.3) is 0 Å². The number of benzene rings is 1. The largest absolute Gasteiger partial charge is 0.508 e. The molecular formula is C24H35N5O2S. The van der Waals surface area contributed by atoms with Crippen LogP contribution >= 0.6 is 11.3 Å². The highest BCUT2D eigenvalue weighted by molar-refractivity contribution is 7.19. The Morgan fingerprint density at radius 3 is 2.50 bits per heavy atom. The maximum Gasteiger partial charge on any atom is 0.238 e. The van der Waals surface area contributed by atoms with Gasteiger partial charge in [-0.25, -0.2) is 0 Å². The third-order valence-electron chi connectivity index (χ3n) is 6.49. The molecule has 2 aliphatic rings. The van der Waals surface area contributed by atoms with E-state index >= 15 is 0 Å². The molecule has 0 aliphatic carbocycles. The summed E-state index contributed by atoms with van der Waals surface area (Å²) in [5.41, 5.74) is 2.02. The Kier molecular flexibility index (Phi) is 7.80. The monoisotopic (exact) mass is 457 g/mol. The van der Waals surface area contributed by atoms with Crippen LogP contribution in [0.15, 0.2) is 30.3 Å². The Morgan fingerprint density at radius 2 is 1.75 bits per heavy atom. The third kappa shape index (κ3) is 6.30. The smallest absolute Gasteiger partial charge is 0.238 e. The summed E-state index contributed by atoms with van der Waals surface area (Å²) in [5, 5.41) is 17.6. The number of likely N-dealkylation sites (tertiary alicyclic amines) is 1. The molecule has 2 fully saturated rings. The Balaban J connectivity index is 1.32. The van der Waals surface area contributed by atoms with Crippen LogP contribution in [-0.4, -0.2) is 91.7 Å². The van der Waals surface area contributed by atoms with Crippen LogP contribution in [0.3, 0.4) is 0 Å². The number of hydrogen-bond donors (Lipinski definition) is 3. The maximum atomic E-state index is 12.4. The van der Waals surface area contributed by atoms with Gasteiger partial charge >= 0.3 is 0 Å². The van der Waals surface area contributed by atoms with Gasteiger partial charge in [0.2, 0.25) is 5.91 Å². The van der Waals surface area contributed by atoms with E-state index in [0.29, 0.717) is 18.3 Å². The first kappa shape index (κ1) is 23.2. The predicted octanol–water partition coefficient (Wildman–Crippen LogP) is 2.49. The zero-order valence-corrected chi connectivity index (χ0v) is 20.0. The van der Waals surface area contributed by atoms with Crippen molar-refractivity contribution in [2.75, 3.05) is 65.2 Å². The molecule has 1 aromatic heterocycles. The standard InChI is InChI=1S/C24H35N5O2S/c1-27-9-7-20(8-10-27)25-16-23(31)26-24-6-5-22(32-24)18-3-4-21(30)19(15-18)17-29-13-11-28(2)12-14-29/h3-6,15,20,25,30H,7-14,16-17H2,1-2H3,(H,26,31). The minimum absolute atomic E-state index is 0.00112. The first-order chi connectivity index (χ1) is 15.5. The Hall–Kier alpha value is -1.97. The van der Waals surface area contributed by atoms with Gasteiger partial charge < -0.3 is 25.5 Å². The van der Waals surface area contributed by atoms with Crippen molar-refractivity contribution in [2.45, 2.75) is 25.4 Å². The molecule has 2 aromatic rings. The van der Waals surface area contributed by atoms with Gasteiger partial charge in [0.05, 0.1) is 11.5 Å². The molecule has 8 heteroatoms. The summed E-state index contributed by atoms with van der Waals surface area (Å²) >= 11 is 1.57. The Labute approximate surface area is 195 Å². The van der Waals surface area contributed by atoms with E-state index in [2.05, 4.69) is 45.5 Å². The number of piperidine rings is 1. The molecule has 0 saturated carbocycles. The van der Waals surface area contributed by atoms with Gasteiger partial charge in [0.15, 0.2) is 0 Å². The van der Waals surface area contributed by atoms with E-state index in [1.165, 1.54) is 0 Å². The number of aromatic hydroxyl groups is 1. The van der Waals surface area contributed by atoms with Crippen molar-refractivity contribution in [1.82, 2.24) is 20.0 Å². The van der Waals surface area contributed by atoms with Gasteiger partial charge in [-0.1, -0.05) is 0 Å². The molecule has 0 bridgehead atoms. The number of amides is 1. The predicted molar refractivity (Wildman–Crippen MR) is 131 cm³/mol. The second kappa shape index (κ2) is 10.8. The van der Waals surface area contributed by atoms with Gasteiger partial charge in [0, 0.05) is 49.2 Å². The quantitative estimate of drug-likeness (QED) is 0.594. The lowest BCUT2D eigenvalue weighted by molar-refractivity contribution is -0.115. The molecule has 0 spiro atoms. The average Bonchev–Trinajstić information content (AvgIpc) is 3.25. The van der Waals surface area contributed by atoms with Crippen molar-refractivity contribution < 1.29 is 9.90 Å². The molecule has 32 heavy (non-hydrogen) atoms. The van der Waals surface area contributed by atoms with Gasteiger partial charge in [-0.3, -0.25) is 9.69 Å². The van der Waals surface area contributed by atoms with Crippen LogP contribution < -0.4 is 10.6 Å². The second-order valence-electron chi connectivity index (χ2n) is 9.09. The summed E-state index contributed by atoms with van der Waals surface area (Å²) in [5.74, 6) is 0.344. The van der Waals surface area contributed by atoms with Crippen LogP contribution in [0, 0.1) is 0 Å². The Bertz CT molecular complexity index is 902. The lowest BCUT2D eigenvalue weighted by atomic mass is 10.1. The lowest BCUT2D eigenvalue weighted by Gasteiger charge is -2.32. The highest BCUT2D eigenvalue weighted by Gasteiger charge is 2.18. The van der Waals surface area contributed by atoms with Crippen LogP contribution in [0.4, 0.5) is 5.00 Å². The first-order valence-corrected chi connectivity index (χ1v) is 12.3. The average molecular weight is 458 g/mol. The summed E-state index contributed by atoms with van der Waals surface area (Å²) in [6.07, 6.45) is 2.18. The normalized spacial score (nSPS) is 19.3. The molecule has 3 heterocycles. The summed E-state index contributed by atoms with van der Waals surface area (Å²) in [6, 6.07) is 10.2. The molecular weight excluding hydrogens is 422 g/mol. The molecule has 1 amide bonds. The van der Waals surface area contributed by atoms with E-state index in [9.17, 15) is 9.90 Å². The number of anilines is 1. The SMILES string of the molecule is CN1CCC(NCC(=O)Nc2ccc(-c3ccc(O)c(CN4CCN(C)CC4)c3)s2)CC1. The van der Waals surface area contributed by atoms with E-state index in [0.717, 1.165) is 79.7 Å². The van der Waals surface area contributed by atoms with Gasteiger partial charge in [-0.2, -0.15) is 0 Å². The van der Waals surface area contributed by atoms with Crippen molar-refractivity contribution in [3.8, 4) is 16.2 Å². The van der Waals surface area contributed by atoms with Crippen LogP contribution in [0.25, 0.3) is 10.4 Å². The molecule has 2 saturated heterocycles. The van der Waals surface area contributed by atoms with E-state index in [1.54, 1.807) is 17.4 Å². The zero-order chi connectivity index (χ0) is 22.5. The van der Waals surface area contributed by atoms with Crippen LogP contribution in [0.1, 0.15) is 18.4 Å². The molecule has 0 unspecified atom stereocenters. The highest BCUT2D eigenvalue weighted by Crippen LogP contribution is 2.34. The van der Waals surface area contributed by atoms with E-state index in [4.69, 9.17) is 0 Å². The number of rotatable bonds is 7. The van der Waals surface area contributed by atoms with Crippen LogP contribution in [0.2, 0.25) is 0 Å². The minimum atomic E-state index is -0.00112. The number of nitrogens with zero attached hydrogens (tertiary/aromatic N) is 3. The molecule has 7 nitrogen and oxygen atoms in total. The number of piperazine rings is 1. The molecule has 4 rings (SSSR count). The third-order valence-corrected chi connectivity index (χ3v) is 7.54. The topological polar surface area (TPSA) is 71.1 Å². The number of phenolic OH excluding ortho intramolecular Hbond substituents is 1. The zero-order valence-electron chi connectivity index (χ0n) is 19.1. The van der Waals surface area contributed by atoms with Crippen molar-refractivity contribution in [3.63, 3.8) is 0 Å². The highest BCUT2D eigenvalue weighted by atomic mass is 32.1. The van der Waals surface area contributed by atoms with E-state index < -0.39 is 0 Å². The molecule has 3 N–H and O–H groups in total. The molecule has 2 aliphatic heterocycles. The molecule has 1 aromatic carbocycles. The fraction of sp³-hybridized carbons (Fsp3) is 0.542. The van der Waals surface area contributed by atoms with E-state index in [-0.39, 0.29) is 5.91 Å². The number of carbonyl (C=O) groups is 1. The lowest BCUT2D eigenvalue weighted by Crippen LogP contribution is -2.43. The molecule has 0 radical (unpaired) electrons. The van der Waals surface area contributed by atoms with Crippen LogP contribution in [0.5, 0.6) is 5.75 Å². The number of nitrogens with one attached hydrogen (secondary N) is 2. The fourth-order valence-electron chi connectivity index (χ4n) is 4.30. The molecule has 174 valence electrons. The van der Waals surface area contributed by atoms with Crippen molar-refractivity contribution in [2.24, 2.45) is 0 Å². The van der Waals surface area contributed by atoms with Gasteiger partial charge in [-0.15, -0.1) is 11.3 Å². The van der Waals surface area contributed by atoms with E-state index in [1.807, 2.05) is 18.2 Å². The van der Waals surface area contributed by atoms with Gasteiger partial charge in [-0.05, 0) is 75.9 Å². The van der Waals surface area contributed by atoms with Crippen molar-refractivity contribution >= 4 is 22.2 Å². The first-order valence-electron chi connectivity index (χ1n) is 11.5. The number of phenols is 1. The van der Waals surface area contributed by atoms with Gasteiger partial charge in [0.1, 0.15) is 5.75 Å². The number of hydrogen-bond acceptors (Lipinski definition) is 7. The Morgan fingerprint density at radius 1 is 1.03 bits per heavy atom. The second-order valence-corrected chi connectivity index (χ2v) is 10.2. The summed E-state index contributed by atoms with van der Waals surface area (Å²) in [4.78, 5) is 20.5. The number of thiophene rings is 1. The summed E-state index contributed by atoms with van der Waals surface area (Å²) < 4.78 is 0. The van der Waals surface area contributed by atoms with Crippen molar-refractivity contribution in [3.05, 3.63) is 35.9 Å². The maximum absolute atomic E-state index is 12.4. The summed E-state index contributed by atoms with van der Waals surface area (Å²) in [6.45, 7) is 7.40. The number of likely N-dealkylation sites (N-methyl/N-ethyl adjacent to an activating group) is 1. The minimum Gasteiger partial charge on any atom is -0.508 e. The van der Waals surface area contributed by atoms with Crippen LogP contribution in [-0.2, 0) is 11.3 Å². The summed E-state index contributed by atoms with van der Waals surface area (Å²) in [7, 11) is 4.29.